The third kappa shape index (κ3) is 2.85. The number of hydrogen-bond acceptors (Lipinski definition) is 4. The minimum atomic E-state index is -0.513. The second kappa shape index (κ2) is 5.37. The normalized spacial score (nSPS) is 18.7. The zero-order chi connectivity index (χ0) is 15.7. The Hall–Kier alpha value is -2.08. The van der Waals surface area contributed by atoms with E-state index in [-0.39, 0.29) is 5.57 Å². The Morgan fingerprint density at radius 2 is 1.57 bits per heavy atom. The molecule has 0 amide bonds. The van der Waals surface area contributed by atoms with Gasteiger partial charge in [-0.3, -0.25) is 0 Å². The highest BCUT2D eigenvalue weighted by atomic mass is 16.7. The fraction of sp³-hybridized carbons (Fsp3) is 0.375. The summed E-state index contributed by atoms with van der Waals surface area (Å²) in [5.41, 5.74) is 0.774. The van der Waals surface area contributed by atoms with Gasteiger partial charge < -0.3 is 9.31 Å². The van der Waals surface area contributed by atoms with E-state index in [1.165, 1.54) is 0 Å². The van der Waals surface area contributed by atoms with Gasteiger partial charge in [0.25, 0.3) is 0 Å². The van der Waals surface area contributed by atoms with Crippen LogP contribution in [-0.2, 0) is 9.31 Å². The molecule has 1 aromatic carbocycles. The first kappa shape index (κ1) is 15.3. The fourth-order valence-corrected chi connectivity index (χ4v) is 2.07. The minimum absolute atomic E-state index is 0.0546. The Morgan fingerprint density at radius 3 is 2.10 bits per heavy atom. The Bertz CT molecular complexity index is 634. The van der Waals surface area contributed by atoms with Gasteiger partial charge in [-0.1, -0.05) is 24.3 Å². The SMILES string of the molecule is CC1(C)OB(c2ccccc2C=C(C#N)C#N)OC1(C)C. The van der Waals surface area contributed by atoms with Crippen molar-refractivity contribution < 1.29 is 9.31 Å². The first-order valence-corrected chi connectivity index (χ1v) is 6.77. The van der Waals surface area contributed by atoms with Crippen LogP contribution in [0.2, 0.25) is 0 Å². The van der Waals surface area contributed by atoms with Crippen LogP contribution in [0.5, 0.6) is 0 Å². The van der Waals surface area contributed by atoms with Crippen molar-refractivity contribution in [1.82, 2.24) is 0 Å². The van der Waals surface area contributed by atoms with Crippen LogP contribution in [0.3, 0.4) is 0 Å². The molecule has 21 heavy (non-hydrogen) atoms. The lowest BCUT2D eigenvalue weighted by molar-refractivity contribution is 0.00578. The average molecular weight is 280 g/mol. The first-order chi connectivity index (χ1) is 9.80. The quantitative estimate of drug-likeness (QED) is 0.616. The number of benzene rings is 1. The summed E-state index contributed by atoms with van der Waals surface area (Å²) in [7, 11) is -0.513. The Kier molecular flexibility index (Phi) is 3.92. The van der Waals surface area contributed by atoms with Crippen molar-refractivity contribution >= 4 is 18.7 Å². The van der Waals surface area contributed by atoms with E-state index in [0.717, 1.165) is 11.0 Å². The molecule has 106 valence electrons. The molecule has 0 saturated carbocycles. The summed E-state index contributed by atoms with van der Waals surface area (Å²) in [5, 5.41) is 17.8. The van der Waals surface area contributed by atoms with Gasteiger partial charge in [0, 0.05) is 0 Å². The monoisotopic (exact) mass is 280 g/mol. The summed E-state index contributed by atoms with van der Waals surface area (Å²) in [6.45, 7) is 7.95. The van der Waals surface area contributed by atoms with Gasteiger partial charge in [-0.2, -0.15) is 10.5 Å². The predicted molar refractivity (Wildman–Crippen MR) is 81.4 cm³/mol. The van der Waals surface area contributed by atoms with Crippen LogP contribution in [0.4, 0.5) is 0 Å². The molecule has 0 N–H and O–H groups in total. The Labute approximate surface area is 125 Å². The van der Waals surface area contributed by atoms with Gasteiger partial charge in [0.2, 0.25) is 0 Å². The van der Waals surface area contributed by atoms with E-state index in [1.54, 1.807) is 6.08 Å². The largest absolute Gasteiger partial charge is 0.495 e. The molecular formula is C16H17BN2O2. The number of rotatable bonds is 2. The second-order valence-corrected chi connectivity index (χ2v) is 6.00. The van der Waals surface area contributed by atoms with Crippen LogP contribution in [0.25, 0.3) is 6.08 Å². The molecule has 1 aromatic rings. The van der Waals surface area contributed by atoms with E-state index in [0.29, 0.717) is 0 Å². The predicted octanol–water partition coefficient (Wildman–Crippen LogP) is 2.42. The lowest BCUT2D eigenvalue weighted by Gasteiger charge is -2.32. The Balaban J connectivity index is 2.42. The van der Waals surface area contributed by atoms with Crippen molar-refractivity contribution in [1.29, 1.82) is 10.5 Å². The molecular weight excluding hydrogens is 263 g/mol. The summed E-state index contributed by atoms with van der Waals surface area (Å²) in [6, 6.07) is 11.2. The summed E-state index contributed by atoms with van der Waals surface area (Å²) in [4.78, 5) is 0. The van der Waals surface area contributed by atoms with Crippen molar-refractivity contribution in [3.05, 3.63) is 35.4 Å². The third-order valence-electron chi connectivity index (χ3n) is 4.04. The molecule has 1 heterocycles. The Morgan fingerprint density at radius 1 is 1.05 bits per heavy atom. The van der Waals surface area contributed by atoms with Gasteiger partial charge in [-0.15, -0.1) is 0 Å². The summed E-state index contributed by atoms with van der Waals surface area (Å²) in [5.74, 6) is 0. The van der Waals surface area contributed by atoms with E-state index in [9.17, 15) is 0 Å². The molecule has 1 aliphatic heterocycles. The van der Waals surface area contributed by atoms with E-state index < -0.39 is 18.3 Å². The van der Waals surface area contributed by atoms with E-state index in [1.807, 2.05) is 64.1 Å². The topological polar surface area (TPSA) is 66.0 Å². The smallest absolute Gasteiger partial charge is 0.399 e. The number of nitriles is 2. The van der Waals surface area contributed by atoms with Gasteiger partial charge >= 0.3 is 7.12 Å². The van der Waals surface area contributed by atoms with Gasteiger partial charge in [0.15, 0.2) is 0 Å². The highest BCUT2D eigenvalue weighted by molar-refractivity contribution is 6.63. The average Bonchev–Trinajstić information content (AvgIpc) is 2.65. The van der Waals surface area contributed by atoms with Crippen LogP contribution >= 0.6 is 0 Å². The van der Waals surface area contributed by atoms with Crippen molar-refractivity contribution in [2.75, 3.05) is 0 Å². The van der Waals surface area contributed by atoms with E-state index >= 15 is 0 Å². The maximum atomic E-state index is 8.91. The molecule has 0 atom stereocenters. The molecule has 1 fully saturated rings. The molecule has 2 rings (SSSR count). The standard InChI is InChI=1S/C16H17BN2O2/c1-15(2)16(3,4)21-17(20-15)14-8-6-5-7-13(14)9-12(10-18)11-19/h5-9H,1-4H3. The van der Waals surface area contributed by atoms with Crippen LogP contribution < -0.4 is 5.46 Å². The zero-order valence-corrected chi connectivity index (χ0v) is 12.7. The molecule has 5 heteroatoms. The van der Waals surface area contributed by atoms with E-state index in [4.69, 9.17) is 19.8 Å². The minimum Gasteiger partial charge on any atom is -0.399 e. The summed E-state index contributed by atoms with van der Waals surface area (Å²) in [6.07, 6.45) is 1.56. The van der Waals surface area contributed by atoms with Crippen LogP contribution in [0.15, 0.2) is 29.8 Å². The van der Waals surface area contributed by atoms with Crippen LogP contribution in [-0.4, -0.2) is 18.3 Å². The maximum absolute atomic E-state index is 8.91. The molecule has 0 aromatic heterocycles. The van der Waals surface area contributed by atoms with Crippen molar-refractivity contribution in [3.63, 3.8) is 0 Å². The zero-order valence-electron chi connectivity index (χ0n) is 12.7. The summed E-state index contributed by atoms with van der Waals surface area (Å²) < 4.78 is 12.0. The lowest BCUT2D eigenvalue weighted by atomic mass is 9.75. The van der Waals surface area contributed by atoms with Gasteiger partial charge in [-0.25, -0.2) is 0 Å². The number of hydrogen-bond donors (Lipinski definition) is 0. The second-order valence-electron chi connectivity index (χ2n) is 6.00. The van der Waals surface area contributed by atoms with Gasteiger partial charge in [-0.05, 0) is 44.8 Å². The van der Waals surface area contributed by atoms with Crippen molar-refractivity contribution in [2.45, 2.75) is 38.9 Å². The molecule has 0 radical (unpaired) electrons. The van der Waals surface area contributed by atoms with E-state index in [2.05, 4.69) is 0 Å². The molecule has 0 aliphatic carbocycles. The number of nitrogens with zero attached hydrogens (tertiary/aromatic N) is 2. The van der Waals surface area contributed by atoms with Gasteiger partial charge in [0.1, 0.15) is 17.7 Å². The molecule has 0 unspecified atom stereocenters. The summed E-state index contributed by atoms with van der Waals surface area (Å²) >= 11 is 0. The van der Waals surface area contributed by atoms with Crippen molar-refractivity contribution in [2.24, 2.45) is 0 Å². The maximum Gasteiger partial charge on any atom is 0.495 e. The van der Waals surface area contributed by atoms with Gasteiger partial charge in [0.05, 0.1) is 11.2 Å². The van der Waals surface area contributed by atoms with Crippen molar-refractivity contribution in [3.8, 4) is 12.1 Å². The van der Waals surface area contributed by atoms with Crippen LogP contribution in [0.1, 0.15) is 33.3 Å². The first-order valence-electron chi connectivity index (χ1n) is 6.77. The molecule has 0 spiro atoms. The number of allylic oxidation sites excluding steroid dienone is 1. The highest BCUT2D eigenvalue weighted by Crippen LogP contribution is 2.36. The lowest BCUT2D eigenvalue weighted by Crippen LogP contribution is -2.41. The molecule has 0 bridgehead atoms. The molecule has 1 saturated heterocycles. The molecule has 4 nitrogen and oxygen atoms in total. The highest BCUT2D eigenvalue weighted by Gasteiger charge is 2.52. The fourth-order valence-electron chi connectivity index (χ4n) is 2.07. The third-order valence-corrected chi connectivity index (χ3v) is 4.04. The van der Waals surface area contributed by atoms with Crippen LogP contribution in [0, 0.1) is 22.7 Å². The molecule has 1 aliphatic rings.